The SMILES string of the molecule is C[C@@H]1CCc2c1cc(C(=O)Nc1cnn(C)n1)c1nncn21. The van der Waals surface area contributed by atoms with Crippen LogP contribution >= 0.6 is 0 Å². The van der Waals surface area contributed by atoms with Crippen molar-refractivity contribution in [3.63, 3.8) is 0 Å². The average molecular weight is 297 g/mol. The topological polar surface area (TPSA) is 90.0 Å². The summed E-state index contributed by atoms with van der Waals surface area (Å²) in [5.74, 6) is 0.601. The van der Waals surface area contributed by atoms with Gasteiger partial charge in [0, 0.05) is 12.7 Å². The van der Waals surface area contributed by atoms with Crippen molar-refractivity contribution in [2.45, 2.75) is 25.7 Å². The number of aromatic nitrogens is 6. The summed E-state index contributed by atoms with van der Waals surface area (Å²) in [4.78, 5) is 14.0. The molecule has 0 spiro atoms. The van der Waals surface area contributed by atoms with E-state index in [2.05, 4.69) is 32.6 Å². The Balaban J connectivity index is 1.79. The Morgan fingerprint density at radius 2 is 2.32 bits per heavy atom. The molecule has 1 aliphatic carbocycles. The van der Waals surface area contributed by atoms with Gasteiger partial charge in [-0.05, 0) is 30.4 Å². The van der Waals surface area contributed by atoms with Gasteiger partial charge in [0.15, 0.2) is 11.5 Å². The van der Waals surface area contributed by atoms with Crippen LogP contribution in [0.15, 0.2) is 18.6 Å². The Labute approximate surface area is 126 Å². The van der Waals surface area contributed by atoms with E-state index in [-0.39, 0.29) is 5.91 Å². The van der Waals surface area contributed by atoms with E-state index < -0.39 is 0 Å². The number of aryl methyl sites for hydroxylation is 2. The van der Waals surface area contributed by atoms with Crippen LogP contribution in [0.4, 0.5) is 5.82 Å². The van der Waals surface area contributed by atoms with E-state index >= 15 is 0 Å². The first-order valence-corrected chi connectivity index (χ1v) is 7.16. The van der Waals surface area contributed by atoms with E-state index in [0.717, 1.165) is 12.8 Å². The van der Waals surface area contributed by atoms with Crippen LogP contribution in [0.1, 0.15) is 40.9 Å². The molecule has 0 aliphatic heterocycles. The first-order valence-electron chi connectivity index (χ1n) is 7.16. The van der Waals surface area contributed by atoms with Crippen molar-refractivity contribution in [2.24, 2.45) is 7.05 Å². The Hall–Kier alpha value is -2.77. The average Bonchev–Trinajstić information content (AvgIpc) is 3.19. The molecule has 0 unspecified atom stereocenters. The highest BCUT2D eigenvalue weighted by atomic mass is 16.1. The number of fused-ring (bicyclic) bond motifs is 3. The summed E-state index contributed by atoms with van der Waals surface area (Å²) in [6.07, 6.45) is 5.25. The molecule has 1 N–H and O–H groups in total. The van der Waals surface area contributed by atoms with Crippen LogP contribution in [0.25, 0.3) is 5.65 Å². The molecular weight excluding hydrogens is 282 g/mol. The summed E-state index contributed by atoms with van der Waals surface area (Å²) in [5.41, 5.74) is 3.48. The van der Waals surface area contributed by atoms with Crippen LogP contribution in [0, 0.1) is 0 Å². The quantitative estimate of drug-likeness (QED) is 0.766. The summed E-state index contributed by atoms with van der Waals surface area (Å²) in [6.45, 7) is 2.17. The highest BCUT2D eigenvalue weighted by Crippen LogP contribution is 2.34. The second-order valence-corrected chi connectivity index (χ2v) is 5.60. The first kappa shape index (κ1) is 12.9. The zero-order chi connectivity index (χ0) is 15.3. The molecule has 0 saturated heterocycles. The minimum Gasteiger partial charge on any atom is -0.304 e. The summed E-state index contributed by atoms with van der Waals surface area (Å²) < 4.78 is 1.92. The maximum atomic E-state index is 12.6. The molecule has 3 heterocycles. The van der Waals surface area contributed by atoms with Gasteiger partial charge in [-0.15, -0.1) is 15.3 Å². The standard InChI is InChI=1S/C14H15N7O/c1-8-3-4-11-9(8)5-10(13-18-15-7-21(11)13)14(22)17-12-6-16-20(2)19-12/h5-8H,3-4H2,1-2H3,(H,17,19,22)/t8-/m1/s1. The summed E-state index contributed by atoms with van der Waals surface area (Å²) in [5, 5.41) is 18.8. The number of anilines is 1. The highest BCUT2D eigenvalue weighted by molar-refractivity contribution is 6.08. The van der Waals surface area contributed by atoms with Gasteiger partial charge in [0.2, 0.25) is 0 Å². The number of rotatable bonds is 2. The van der Waals surface area contributed by atoms with Gasteiger partial charge < -0.3 is 5.32 Å². The van der Waals surface area contributed by atoms with E-state index in [0.29, 0.717) is 22.9 Å². The Kier molecular flexibility index (Phi) is 2.72. The van der Waals surface area contributed by atoms with Gasteiger partial charge in [0.1, 0.15) is 6.33 Å². The van der Waals surface area contributed by atoms with Crippen LogP contribution in [-0.4, -0.2) is 35.5 Å². The summed E-state index contributed by atoms with van der Waals surface area (Å²) >= 11 is 0. The van der Waals surface area contributed by atoms with Crippen molar-refractivity contribution in [3.05, 3.63) is 35.4 Å². The first-order chi connectivity index (χ1) is 10.6. The molecule has 112 valence electrons. The van der Waals surface area contributed by atoms with Crippen molar-refractivity contribution in [3.8, 4) is 0 Å². The van der Waals surface area contributed by atoms with E-state index in [1.54, 1.807) is 13.4 Å². The monoisotopic (exact) mass is 297 g/mol. The van der Waals surface area contributed by atoms with Crippen LogP contribution in [0.2, 0.25) is 0 Å². The van der Waals surface area contributed by atoms with E-state index in [1.807, 2.05) is 10.5 Å². The Bertz CT molecular complexity index is 879. The van der Waals surface area contributed by atoms with Crippen molar-refractivity contribution >= 4 is 17.4 Å². The van der Waals surface area contributed by atoms with Crippen molar-refractivity contribution in [1.82, 2.24) is 29.6 Å². The van der Waals surface area contributed by atoms with Crippen LogP contribution in [-0.2, 0) is 13.5 Å². The number of carbonyl (C=O) groups is 1. The molecule has 1 aliphatic rings. The molecule has 22 heavy (non-hydrogen) atoms. The van der Waals surface area contributed by atoms with Crippen LogP contribution in [0.3, 0.4) is 0 Å². The molecular formula is C14H15N7O. The van der Waals surface area contributed by atoms with E-state index in [4.69, 9.17) is 0 Å². The number of hydrogen-bond donors (Lipinski definition) is 1. The molecule has 0 aromatic carbocycles. The van der Waals surface area contributed by atoms with Gasteiger partial charge in [-0.2, -0.15) is 9.90 Å². The van der Waals surface area contributed by atoms with E-state index in [9.17, 15) is 4.79 Å². The third kappa shape index (κ3) is 1.87. The summed E-state index contributed by atoms with van der Waals surface area (Å²) in [6, 6.07) is 1.93. The minimum atomic E-state index is -0.250. The summed E-state index contributed by atoms with van der Waals surface area (Å²) in [7, 11) is 1.70. The lowest BCUT2D eigenvalue weighted by molar-refractivity contribution is 0.102. The predicted octanol–water partition coefficient (Wildman–Crippen LogP) is 1.16. The predicted molar refractivity (Wildman–Crippen MR) is 78.7 cm³/mol. The van der Waals surface area contributed by atoms with Crippen LogP contribution in [0.5, 0.6) is 0 Å². The van der Waals surface area contributed by atoms with Gasteiger partial charge in [0.05, 0.1) is 11.8 Å². The number of nitrogens with zero attached hydrogens (tertiary/aromatic N) is 6. The van der Waals surface area contributed by atoms with Gasteiger partial charge in [-0.3, -0.25) is 9.20 Å². The molecule has 0 fully saturated rings. The molecule has 3 aromatic rings. The van der Waals surface area contributed by atoms with Crippen molar-refractivity contribution in [1.29, 1.82) is 0 Å². The zero-order valence-corrected chi connectivity index (χ0v) is 12.3. The van der Waals surface area contributed by atoms with Gasteiger partial charge >= 0.3 is 0 Å². The number of hydrogen-bond acceptors (Lipinski definition) is 5. The van der Waals surface area contributed by atoms with E-state index in [1.165, 1.54) is 22.3 Å². The fourth-order valence-electron chi connectivity index (χ4n) is 3.01. The molecule has 8 heteroatoms. The number of amides is 1. The van der Waals surface area contributed by atoms with Crippen LogP contribution < -0.4 is 5.32 Å². The molecule has 0 bridgehead atoms. The number of nitrogens with one attached hydrogen (secondary N) is 1. The van der Waals surface area contributed by atoms with Gasteiger partial charge in [-0.25, -0.2) is 0 Å². The largest absolute Gasteiger partial charge is 0.304 e. The fraction of sp³-hybridized carbons (Fsp3) is 0.357. The molecule has 0 saturated carbocycles. The Morgan fingerprint density at radius 3 is 3.09 bits per heavy atom. The van der Waals surface area contributed by atoms with Crippen molar-refractivity contribution < 1.29 is 4.79 Å². The molecule has 1 atom stereocenters. The Morgan fingerprint density at radius 1 is 1.45 bits per heavy atom. The second kappa shape index (κ2) is 4.62. The fourth-order valence-corrected chi connectivity index (χ4v) is 3.01. The number of pyridine rings is 1. The second-order valence-electron chi connectivity index (χ2n) is 5.60. The normalized spacial score (nSPS) is 16.9. The molecule has 3 aromatic heterocycles. The lowest BCUT2D eigenvalue weighted by Crippen LogP contribution is -2.15. The highest BCUT2D eigenvalue weighted by Gasteiger charge is 2.25. The molecule has 1 amide bonds. The van der Waals surface area contributed by atoms with Gasteiger partial charge in [0.25, 0.3) is 5.91 Å². The smallest absolute Gasteiger partial charge is 0.260 e. The lowest BCUT2D eigenvalue weighted by atomic mass is 10.0. The zero-order valence-electron chi connectivity index (χ0n) is 12.3. The minimum absolute atomic E-state index is 0.250. The lowest BCUT2D eigenvalue weighted by Gasteiger charge is -2.10. The molecule has 0 radical (unpaired) electrons. The van der Waals surface area contributed by atoms with Crippen molar-refractivity contribution in [2.75, 3.05) is 5.32 Å². The molecule has 8 nitrogen and oxygen atoms in total. The third-order valence-electron chi connectivity index (χ3n) is 4.14. The van der Waals surface area contributed by atoms with Gasteiger partial charge in [-0.1, -0.05) is 6.92 Å². The number of carbonyl (C=O) groups excluding carboxylic acids is 1. The third-order valence-corrected chi connectivity index (χ3v) is 4.14. The molecule has 4 rings (SSSR count). The maximum absolute atomic E-state index is 12.6. The maximum Gasteiger partial charge on any atom is 0.260 e.